The number of carbonyl (C=O) groups is 3. The van der Waals surface area contributed by atoms with Crippen LogP contribution in [0.1, 0.15) is 149 Å². The molecule has 0 amide bonds. The van der Waals surface area contributed by atoms with Gasteiger partial charge in [-0.1, -0.05) is 132 Å². The number of aliphatic hydroxyl groups excluding tert-OH is 2. The molecule has 0 aromatic heterocycles. The molecule has 0 rings (SSSR count). The van der Waals surface area contributed by atoms with E-state index >= 15 is 0 Å². The Morgan fingerprint density at radius 1 is 0.589 bits per heavy atom. The van der Waals surface area contributed by atoms with Gasteiger partial charge in [-0.05, 0) is 70.3 Å². The number of ketones is 1. The summed E-state index contributed by atoms with van der Waals surface area (Å²) in [4.78, 5) is 46.6. The van der Waals surface area contributed by atoms with Gasteiger partial charge in [-0.25, -0.2) is 4.57 Å². The second kappa shape index (κ2) is 38.9. The van der Waals surface area contributed by atoms with E-state index in [0.717, 1.165) is 70.6 Å². The Bertz CT molecular complexity index is 1220. The molecule has 1 unspecified atom stereocenters. The largest absolute Gasteiger partial charge is 0.472 e. The van der Waals surface area contributed by atoms with E-state index in [1.165, 1.54) is 25.7 Å². The molecule has 3 atom stereocenters. The first-order chi connectivity index (χ1) is 27.1. The normalized spacial score (nSPS) is 14.5. The van der Waals surface area contributed by atoms with Gasteiger partial charge in [0.15, 0.2) is 11.9 Å². The van der Waals surface area contributed by atoms with Crippen LogP contribution in [-0.4, -0.2) is 71.5 Å². The first-order valence-electron chi connectivity index (χ1n) is 20.9. The average Bonchev–Trinajstić information content (AvgIpc) is 3.18. The molecule has 12 heteroatoms. The number of allylic oxidation sites excluding steroid dienone is 12. The van der Waals surface area contributed by atoms with E-state index in [2.05, 4.69) is 42.7 Å². The van der Waals surface area contributed by atoms with E-state index in [0.29, 0.717) is 25.7 Å². The van der Waals surface area contributed by atoms with Gasteiger partial charge in [-0.15, -0.1) is 0 Å². The maximum Gasteiger partial charge on any atom is 0.472 e. The van der Waals surface area contributed by atoms with Crippen molar-refractivity contribution in [3.8, 4) is 0 Å². The molecule has 56 heavy (non-hydrogen) atoms. The Balaban J connectivity index is 4.51. The lowest BCUT2D eigenvalue weighted by Gasteiger charge is -2.20. The van der Waals surface area contributed by atoms with Crippen LogP contribution >= 0.6 is 7.82 Å². The minimum Gasteiger partial charge on any atom is -0.462 e. The van der Waals surface area contributed by atoms with Gasteiger partial charge in [0.05, 0.1) is 19.8 Å². The van der Waals surface area contributed by atoms with Crippen molar-refractivity contribution in [2.24, 2.45) is 0 Å². The number of hydrogen-bond donors (Lipinski definition) is 3. The van der Waals surface area contributed by atoms with E-state index in [4.69, 9.17) is 19.1 Å². The standard InChI is InChI=1S/C44H73O11P/c1-3-5-7-8-9-10-11-12-13-14-17-20-23-26-30-34-43(48)52-38-42(39-54-56(50,51)53-37-41(47)36-45)55-44(49)35-31-27-24-21-18-15-16-19-22-25-29-33-40(46)32-28-6-4-2/h10-13,15-16,21-22,24-25,29,33,41-42,45,47H,3-9,14,17-20,23,26-28,30-32,34-39H2,1-2H3,(H,50,51)/b11-10-,13-12-,16-15-,24-21-,25-22-,33-29+/t41-,42+/m0/s1. The Labute approximate surface area is 337 Å². The van der Waals surface area contributed by atoms with Crippen molar-refractivity contribution in [2.45, 2.75) is 161 Å². The lowest BCUT2D eigenvalue weighted by atomic mass is 10.1. The molecule has 11 nitrogen and oxygen atoms in total. The number of hydrogen-bond acceptors (Lipinski definition) is 10. The molecule has 0 aliphatic heterocycles. The second-order valence-electron chi connectivity index (χ2n) is 13.7. The number of phosphoric ester groups is 1. The number of phosphoric acid groups is 1. The van der Waals surface area contributed by atoms with Crippen LogP contribution in [-0.2, 0) is 37.5 Å². The SMILES string of the molecule is CCCCCC/C=C\C=C/CCCCCCCC(=O)OC[C@H](COP(=O)(O)OC[C@@H](O)CO)OC(=O)CCC/C=C\C/C=C\C/C=C\C=C\C(=O)CCCCC. The monoisotopic (exact) mass is 808 g/mol. The van der Waals surface area contributed by atoms with E-state index in [1.54, 1.807) is 12.2 Å². The summed E-state index contributed by atoms with van der Waals surface area (Å²) in [6.45, 7) is 2.07. The molecule has 0 aliphatic carbocycles. The Morgan fingerprint density at radius 3 is 1.82 bits per heavy atom. The van der Waals surface area contributed by atoms with Gasteiger partial charge >= 0.3 is 19.8 Å². The molecule has 320 valence electrons. The molecule has 0 spiro atoms. The maximum atomic E-state index is 12.6. The van der Waals surface area contributed by atoms with Crippen molar-refractivity contribution < 1.29 is 52.6 Å². The zero-order chi connectivity index (χ0) is 41.4. The highest BCUT2D eigenvalue weighted by molar-refractivity contribution is 7.47. The number of unbranched alkanes of at least 4 members (excludes halogenated alkanes) is 12. The quantitative estimate of drug-likeness (QED) is 0.0136. The molecule has 0 aliphatic rings. The van der Waals surface area contributed by atoms with Crippen molar-refractivity contribution in [3.05, 3.63) is 72.9 Å². The summed E-state index contributed by atoms with van der Waals surface area (Å²) in [5.74, 6) is -0.896. The fourth-order valence-electron chi connectivity index (χ4n) is 5.05. The molecule has 0 aromatic rings. The Morgan fingerprint density at radius 2 is 1.12 bits per heavy atom. The number of rotatable bonds is 38. The van der Waals surface area contributed by atoms with Crippen LogP contribution in [0.4, 0.5) is 0 Å². The van der Waals surface area contributed by atoms with Gasteiger partial charge in [-0.2, -0.15) is 0 Å². The van der Waals surface area contributed by atoms with E-state index in [1.807, 2.05) is 36.5 Å². The molecule has 0 bridgehead atoms. The minimum atomic E-state index is -4.65. The third-order valence-electron chi connectivity index (χ3n) is 8.34. The van der Waals surface area contributed by atoms with Crippen LogP contribution < -0.4 is 0 Å². The van der Waals surface area contributed by atoms with Crippen molar-refractivity contribution >= 4 is 25.5 Å². The highest BCUT2D eigenvalue weighted by Crippen LogP contribution is 2.43. The number of ether oxygens (including phenoxy) is 2. The highest BCUT2D eigenvalue weighted by atomic mass is 31.2. The van der Waals surface area contributed by atoms with Crippen LogP contribution in [0.3, 0.4) is 0 Å². The van der Waals surface area contributed by atoms with Crippen molar-refractivity contribution in [1.29, 1.82) is 0 Å². The summed E-state index contributed by atoms with van der Waals surface area (Å²) < 4.78 is 32.5. The zero-order valence-corrected chi connectivity index (χ0v) is 35.2. The second-order valence-corrected chi connectivity index (χ2v) is 15.2. The van der Waals surface area contributed by atoms with Crippen molar-refractivity contribution in [1.82, 2.24) is 0 Å². The van der Waals surface area contributed by atoms with Crippen LogP contribution in [0.2, 0.25) is 0 Å². The molecule has 0 fully saturated rings. The van der Waals surface area contributed by atoms with Crippen LogP contribution in [0.15, 0.2) is 72.9 Å². The van der Waals surface area contributed by atoms with E-state index in [9.17, 15) is 28.9 Å². The van der Waals surface area contributed by atoms with Gasteiger partial charge in [-0.3, -0.25) is 23.4 Å². The molecular weight excluding hydrogens is 735 g/mol. The molecule has 0 saturated heterocycles. The average molecular weight is 809 g/mol. The third kappa shape index (κ3) is 38.0. The molecular formula is C44H73O11P. The molecule has 3 N–H and O–H groups in total. The number of carbonyl (C=O) groups excluding carboxylic acids is 3. The topological polar surface area (TPSA) is 166 Å². The fraction of sp³-hybridized carbons (Fsp3) is 0.659. The van der Waals surface area contributed by atoms with Gasteiger partial charge < -0.3 is 24.6 Å². The Hall–Kier alpha value is -2.92. The molecule has 0 heterocycles. The zero-order valence-electron chi connectivity index (χ0n) is 34.3. The Kier molecular flexibility index (Phi) is 36.9. The summed E-state index contributed by atoms with van der Waals surface area (Å²) in [6, 6.07) is 0. The molecule has 0 aromatic carbocycles. The summed E-state index contributed by atoms with van der Waals surface area (Å²) in [7, 11) is -4.65. The number of aliphatic hydroxyl groups is 2. The minimum absolute atomic E-state index is 0.0750. The highest BCUT2D eigenvalue weighted by Gasteiger charge is 2.27. The van der Waals surface area contributed by atoms with Gasteiger partial charge in [0.1, 0.15) is 12.7 Å². The summed E-state index contributed by atoms with van der Waals surface area (Å²) >= 11 is 0. The first kappa shape index (κ1) is 53.1. The summed E-state index contributed by atoms with van der Waals surface area (Å²) in [5, 5.41) is 18.3. The smallest absolute Gasteiger partial charge is 0.462 e. The van der Waals surface area contributed by atoms with Gasteiger partial charge in [0.2, 0.25) is 0 Å². The molecule has 0 saturated carbocycles. The fourth-order valence-corrected chi connectivity index (χ4v) is 5.84. The third-order valence-corrected chi connectivity index (χ3v) is 9.29. The predicted molar refractivity (Wildman–Crippen MR) is 224 cm³/mol. The lowest BCUT2D eigenvalue weighted by Crippen LogP contribution is -2.29. The van der Waals surface area contributed by atoms with Crippen molar-refractivity contribution in [2.75, 3.05) is 26.4 Å². The van der Waals surface area contributed by atoms with Gasteiger partial charge in [0.25, 0.3) is 0 Å². The van der Waals surface area contributed by atoms with E-state index in [-0.39, 0.29) is 25.2 Å². The van der Waals surface area contributed by atoms with Crippen LogP contribution in [0.5, 0.6) is 0 Å². The van der Waals surface area contributed by atoms with Crippen molar-refractivity contribution in [3.63, 3.8) is 0 Å². The summed E-state index contributed by atoms with van der Waals surface area (Å²) in [6.07, 6.45) is 40.0. The lowest BCUT2D eigenvalue weighted by molar-refractivity contribution is -0.161. The summed E-state index contributed by atoms with van der Waals surface area (Å²) in [5.41, 5.74) is 0. The van der Waals surface area contributed by atoms with E-state index < -0.39 is 51.8 Å². The number of esters is 2. The predicted octanol–water partition coefficient (Wildman–Crippen LogP) is 10.1. The maximum absolute atomic E-state index is 12.6. The van der Waals surface area contributed by atoms with Crippen LogP contribution in [0.25, 0.3) is 0 Å². The van der Waals surface area contributed by atoms with Crippen LogP contribution in [0, 0.1) is 0 Å². The molecule has 0 radical (unpaired) electrons. The first-order valence-corrected chi connectivity index (χ1v) is 22.4. The van der Waals surface area contributed by atoms with Gasteiger partial charge in [0, 0.05) is 19.3 Å².